The maximum atomic E-state index is 12.9. The molecule has 1 N–H and O–H groups in total. The van der Waals surface area contributed by atoms with Crippen LogP contribution in [0.25, 0.3) is 0 Å². The molecule has 1 unspecified atom stereocenters. The third kappa shape index (κ3) is 2.72. The first-order valence-electron chi connectivity index (χ1n) is 7.97. The number of thioether (sulfide) groups is 1. The molecule has 0 saturated carbocycles. The smallest absolute Gasteiger partial charge is 0.166 e. The molecule has 24 heavy (non-hydrogen) atoms. The number of para-hydroxylation sites is 1. The van der Waals surface area contributed by atoms with E-state index in [1.165, 1.54) is 4.90 Å². The number of carbonyl (C=O) groups is 1. The first kappa shape index (κ1) is 15.0. The zero-order valence-electron chi connectivity index (χ0n) is 13.1. The van der Waals surface area contributed by atoms with Crippen molar-refractivity contribution in [3.63, 3.8) is 0 Å². The molecule has 0 radical (unpaired) electrons. The standard InChI is InChI=1S/C21H17NOS/c23-19(16-9-3-1-4-10-16)15-21(17-11-5-2-6-12-17)22-18-13-7-8-14-20(18)24-21/h1-14,22H,15H2. The number of rotatable bonds is 4. The number of nitrogens with one attached hydrogen (secondary N) is 1. The predicted molar refractivity (Wildman–Crippen MR) is 99.4 cm³/mol. The highest BCUT2D eigenvalue weighted by molar-refractivity contribution is 8.00. The van der Waals surface area contributed by atoms with Crippen LogP contribution in [0.2, 0.25) is 0 Å². The van der Waals surface area contributed by atoms with Crippen LogP contribution in [-0.4, -0.2) is 5.78 Å². The summed E-state index contributed by atoms with van der Waals surface area (Å²) < 4.78 is 0. The molecule has 0 bridgehead atoms. The summed E-state index contributed by atoms with van der Waals surface area (Å²) in [6.07, 6.45) is 0.403. The Morgan fingerprint density at radius 2 is 1.46 bits per heavy atom. The number of anilines is 1. The second-order valence-corrected chi connectivity index (χ2v) is 7.22. The predicted octanol–water partition coefficient (Wildman–Crippen LogP) is 5.33. The average molecular weight is 331 g/mol. The van der Waals surface area contributed by atoms with Crippen molar-refractivity contribution in [2.75, 3.05) is 5.32 Å². The van der Waals surface area contributed by atoms with E-state index in [1.54, 1.807) is 11.8 Å². The number of hydrogen-bond donors (Lipinski definition) is 1. The summed E-state index contributed by atoms with van der Waals surface area (Å²) >= 11 is 1.73. The molecule has 0 fully saturated rings. The molecule has 0 spiro atoms. The fraction of sp³-hybridized carbons (Fsp3) is 0.0952. The van der Waals surface area contributed by atoms with Crippen LogP contribution in [0.4, 0.5) is 5.69 Å². The number of benzene rings is 3. The SMILES string of the molecule is O=C(CC1(c2ccccc2)Nc2ccccc2S1)c1ccccc1. The van der Waals surface area contributed by atoms with Crippen molar-refractivity contribution < 1.29 is 4.79 Å². The van der Waals surface area contributed by atoms with Gasteiger partial charge in [-0.15, -0.1) is 0 Å². The van der Waals surface area contributed by atoms with Gasteiger partial charge in [-0.05, 0) is 17.7 Å². The van der Waals surface area contributed by atoms with Gasteiger partial charge in [0.05, 0.1) is 0 Å². The van der Waals surface area contributed by atoms with Crippen LogP contribution >= 0.6 is 11.8 Å². The van der Waals surface area contributed by atoms with Crippen molar-refractivity contribution in [1.29, 1.82) is 0 Å². The molecule has 1 heterocycles. The lowest BCUT2D eigenvalue weighted by molar-refractivity contribution is 0.0972. The molecule has 3 aromatic carbocycles. The third-order valence-corrected chi connectivity index (χ3v) is 5.66. The summed E-state index contributed by atoms with van der Waals surface area (Å²) in [5, 5.41) is 3.61. The Balaban J connectivity index is 1.72. The molecule has 0 amide bonds. The quantitative estimate of drug-likeness (QED) is 0.655. The zero-order chi connectivity index (χ0) is 16.4. The van der Waals surface area contributed by atoms with Crippen molar-refractivity contribution in [3.05, 3.63) is 96.1 Å². The minimum absolute atomic E-state index is 0.146. The molecule has 1 atom stereocenters. The summed E-state index contributed by atoms with van der Waals surface area (Å²) in [4.78, 5) is 13.6. The minimum atomic E-state index is -0.460. The Morgan fingerprint density at radius 1 is 0.833 bits per heavy atom. The zero-order valence-corrected chi connectivity index (χ0v) is 13.9. The van der Waals surface area contributed by atoms with Crippen LogP contribution in [0.15, 0.2) is 89.8 Å². The molecule has 118 valence electrons. The second kappa shape index (κ2) is 6.17. The Morgan fingerprint density at radius 3 is 2.17 bits per heavy atom. The van der Waals surface area contributed by atoms with Crippen LogP contribution in [-0.2, 0) is 4.87 Å². The Bertz CT molecular complexity index is 836. The molecule has 0 saturated heterocycles. The number of carbonyl (C=O) groups excluding carboxylic acids is 1. The lowest BCUT2D eigenvalue weighted by atomic mass is 9.97. The van der Waals surface area contributed by atoms with Gasteiger partial charge in [0.15, 0.2) is 5.78 Å². The van der Waals surface area contributed by atoms with Gasteiger partial charge < -0.3 is 5.32 Å². The van der Waals surface area contributed by atoms with Gasteiger partial charge in [-0.1, -0.05) is 84.6 Å². The molecule has 3 aromatic rings. The molecule has 0 aliphatic carbocycles. The van der Waals surface area contributed by atoms with E-state index < -0.39 is 4.87 Å². The first-order chi connectivity index (χ1) is 11.8. The number of fused-ring (bicyclic) bond motifs is 1. The van der Waals surface area contributed by atoms with E-state index in [1.807, 2.05) is 60.7 Å². The van der Waals surface area contributed by atoms with E-state index in [9.17, 15) is 4.79 Å². The highest BCUT2D eigenvalue weighted by Crippen LogP contribution is 2.53. The van der Waals surface area contributed by atoms with E-state index in [0.717, 1.165) is 16.8 Å². The first-order valence-corrected chi connectivity index (χ1v) is 8.78. The van der Waals surface area contributed by atoms with Gasteiger partial charge in [0, 0.05) is 22.6 Å². The highest BCUT2D eigenvalue weighted by Gasteiger charge is 2.41. The highest BCUT2D eigenvalue weighted by atomic mass is 32.2. The fourth-order valence-electron chi connectivity index (χ4n) is 3.06. The average Bonchev–Trinajstić information content (AvgIpc) is 3.02. The maximum Gasteiger partial charge on any atom is 0.166 e. The van der Waals surface area contributed by atoms with Crippen molar-refractivity contribution in [3.8, 4) is 0 Å². The lowest BCUT2D eigenvalue weighted by Gasteiger charge is -2.29. The van der Waals surface area contributed by atoms with Crippen LogP contribution in [0.5, 0.6) is 0 Å². The number of hydrogen-bond acceptors (Lipinski definition) is 3. The molecule has 3 heteroatoms. The largest absolute Gasteiger partial charge is 0.365 e. The van der Waals surface area contributed by atoms with Crippen LogP contribution in [0.3, 0.4) is 0 Å². The molecule has 4 rings (SSSR count). The fourth-order valence-corrected chi connectivity index (χ4v) is 4.43. The van der Waals surface area contributed by atoms with E-state index in [2.05, 4.69) is 29.6 Å². The van der Waals surface area contributed by atoms with E-state index in [0.29, 0.717) is 6.42 Å². The van der Waals surface area contributed by atoms with Crippen LogP contribution in [0.1, 0.15) is 22.3 Å². The third-order valence-electron chi connectivity index (χ3n) is 4.25. The van der Waals surface area contributed by atoms with Crippen LogP contribution < -0.4 is 5.32 Å². The van der Waals surface area contributed by atoms with Gasteiger partial charge in [-0.2, -0.15) is 0 Å². The van der Waals surface area contributed by atoms with Crippen molar-refractivity contribution in [2.24, 2.45) is 0 Å². The van der Waals surface area contributed by atoms with Gasteiger partial charge >= 0.3 is 0 Å². The molecular weight excluding hydrogens is 314 g/mol. The summed E-state index contributed by atoms with van der Waals surface area (Å²) in [5.74, 6) is 0.146. The molecular formula is C21H17NOS. The van der Waals surface area contributed by atoms with Gasteiger partial charge in [0.1, 0.15) is 4.87 Å². The van der Waals surface area contributed by atoms with Crippen LogP contribution in [0, 0.1) is 0 Å². The van der Waals surface area contributed by atoms with E-state index >= 15 is 0 Å². The summed E-state index contributed by atoms with van der Waals surface area (Å²) in [6.45, 7) is 0. The minimum Gasteiger partial charge on any atom is -0.365 e. The number of ketones is 1. The molecule has 1 aliphatic heterocycles. The Kier molecular flexibility index (Phi) is 3.87. The number of Topliss-reactive ketones (excluding diaryl/α,β-unsaturated/α-hetero) is 1. The Hall–Kier alpha value is -2.52. The second-order valence-electron chi connectivity index (χ2n) is 5.88. The van der Waals surface area contributed by atoms with Crippen molar-refractivity contribution in [1.82, 2.24) is 0 Å². The van der Waals surface area contributed by atoms with E-state index in [-0.39, 0.29) is 5.78 Å². The maximum absolute atomic E-state index is 12.9. The molecule has 2 nitrogen and oxygen atoms in total. The normalized spacial score (nSPS) is 18.7. The van der Waals surface area contributed by atoms with Gasteiger partial charge in [0.2, 0.25) is 0 Å². The van der Waals surface area contributed by atoms with Gasteiger partial charge in [-0.3, -0.25) is 4.79 Å². The van der Waals surface area contributed by atoms with Gasteiger partial charge in [-0.25, -0.2) is 0 Å². The summed E-state index contributed by atoms with van der Waals surface area (Å²) in [6, 6.07) is 28.0. The lowest BCUT2D eigenvalue weighted by Crippen LogP contribution is -2.31. The summed E-state index contributed by atoms with van der Waals surface area (Å²) in [5.41, 5.74) is 2.97. The van der Waals surface area contributed by atoms with E-state index in [4.69, 9.17) is 0 Å². The molecule has 1 aliphatic rings. The topological polar surface area (TPSA) is 29.1 Å². The van der Waals surface area contributed by atoms with Crippen molar-refractivity contribution in [2.45, 2.75) is 16.2 Å². The Labute approximate surface area is 145 Å². The van der Waals surface area contributed by atoms with Crippen molar-refractivity contribution >= 4 is 23.2 Å². The summed E-state index contributed by atoms with van der Waals surface area (Å²) in [7, 11) is 0. The monoisotopic (exact) mass is 331 g/mol. The molecule has 0 aromatic heterocycles. The van der Waals surface area contributed by atoms with Gasteiger partial charge in [0.25, 0.3) is 0 Å².